The van der Waals surface area contributed by atoms with Crippen LogP contribution in [0.1, 0.15) is 24.7 Å². The van der Waals surface area contributed by atoms with Gasteiger partial charge in [0.1, 0.15) is 16.8 Å². The maximum atomic E-state index is 6.03. The molecule has 1 aromatic heterocycles. The third-order valence-corrected chi connectivity index (χ3v) is 2.96. The first-order valence-electron chi connectivity index (χ1n) is 5.82. The lowest BCUT2D eigenvalue weighted by Crippen LogP contribution is -2.24. The summed E-state index contributed by atoms with van der Waals surface area (Å²) in [6, 6.07) is 0.362. The molecule has 0 amide bonds. The number of aryl methyl sites for hydroxylation is 1. The van der Waals surface area contributed by atoms with Crippen LogP contribution in [0.3, 0.4) is 0 Å². The Morgan fingerprint density at radius 1 is 1.29 bits per heavy atom. The number of anilines is 1. The van der Waals surface area contributed by atoms with Gasteiger partial charge in [-0.3, -0.25) is 0 Å². The number of nitrogens with one attached hydrogen (secondary N) is 1. The molecule has 0 radical (unpaired) electrons. The van der Waals surface area contributed by atoms with Crippen molar-refractivity contribution >= 4 is 17.4 Å². The van der Waals surface area contributed by atoms with Gasteiger partial charge in [0.25, 0.3) is 0 Å². The van der Waals surface area contributed by atoms with Crippen LogP contribution in [-0.2, 0) is 0 Å². The lowest BCUT2D eigenvalue weighted by Gasteiger charge is -2.18. The molecule has 96 valence electrons. The van der Waals surface area contributed by atoms with E-state index in [0.29, 0.717) is 17.0 Å². The van der Waals surface area contributed by atoms with Crippen LogP contribution in [0.15, 0.2) is 0 Å². The molecule has 1 atom stereocenters. The van der Waals surface area contributed by atoms with Gasteiger partial charge < -0.3 is 10.2 Å². The van der Waals surface area contributed by atoms with E-state index >= 15 is 0 Å². The third kappa shape index (κ3) is 4.48. The molecule has 0 spiro atoms. The van der Waals surface area contributed by atoms with Crippen molar-refractivity contribution in [1.82, 2.24) is 14.9 Å². The smallest absolute Gasteiger partial charge is 0.137 e. The van der Waals surface area contributed by atoms with Gasteiger partial charge in [-0.15, -0.1) is 0 Å². The van der Waals surface area contributed by atoms with Crippen molar-refractivity contribution < 1.29 is 0 Å². The maximum absolute atomic E-state index is 6.03. The summed E-state index contributed by atoms with van der Waals surface area (Å²) in [5.74, 6) is 1.54. The second kappa shape index (κ2) is 6.17. The minimum atomic E-state index is 0.362. The number of hydrogen-bond acceptors (Lipinski definition) is 4. The molecular formula is C12H21ClN4. The summed E-state index contributed by atoms with van der Waals surface area (Å²) in [4.78, 5) is 10.7. The highest BCUT2D eigenvalue weighted by atomic mass is 35.5. The summed E-state index contributed by atoms with van der Waals surface area (Å²) in [7, 11) is 4.15. The minimum Gasteiger partial charge on any atom is -0.367 e. The molecule has 1 rings (SSSR count). The molecule has 0 saturated heterocycles. The fourth-order valence-electron chi connectivity index (χ4n) is 1.49. The normalized spacial score (nSPS) is 12.9. The molecule has 1 heterocycles. The number of nitrogens with zero attached hydrogens (tertiary/aromatic N) is 3. The van der Waals surface area contributed by atoms with Crippen LogP contribution in [0.4, 0.5) is 5.82 Å². The molecule has 0 aromatic carbocycles. The highest BCUT2D eigenvalue weighted by Crippen LogP contribution is 2.20. The van der Waals surface area contributed by atoms with E-state index in [9.17, 15) is 0 Å². The van der Waals surface area contributed by atoms with E-state index in [0.717, 1.165) is 24.3 Å². The van der Waals surface area contributed by atoms with Gasteiger partial charge in [-0.1, -0.05) is 11.6 Å². The Hall–Kier alpha value is -0.870. The van der Waals surface area contributed by atoms with Gasteiger partial charge >= 0.3 is 0 Å². The maximum Gasteiger partial charge on any atom is 0.137 e. The zero-order valence-electron chi connectivity index (χ0n) is 11.2. The van der Waals surface area contributed by atoms with Crippen LogP contribution in [0.2, 0.25) is 5.15 Å². The second-order valence-electron chi connectivity index (χ2n) is 4.67. The Bertz CT molecular complexity index is 379. The summed E-state index contributed by atoms with van der Waals surface area (Å²) in [6.45, 7) is 6.98. The SMILES string of the molecule is Cc1nc(Cl)c(C)c(NC(C)CCN(C)C)n1. The average molecular weight is 257 g/mol. The van der Waals surface area contributed by atoms with Crippen molar-refractivity contribution in [1.29, 1.82) is 0 Å². The summed E-state index contributed by atoms with van der Waals surface area (Å²) >= 11 is 6.03. The monoisotopic (exact) mass is 256 g/mol. The van der Waals surface area contributed by atoms with Crippen LogP contribution in [0.25, 0.3) is 0 Å². The Balaban J connectivity index is 2.68. The molecule has 0 aliphatic carbocycles. The molecule has 1 aromatic rings. The number of halogens is 1. The molecule has 1 N–H and O–H groups in total. The molecule has 0 bridgehead atoms. The van der Waals surface area contributed by atoms with Gasteiger partial charge in [-0.25, -0.2) is 9.97 Å². The molecule has 4 nitrogen and oxygen atoms in total. The van der Waals surface area contributed by atoms with Gasteiger partial charge in [0.15, 0.2) is 0 Å². The van der Waals surface area contributed by atoms with Crippen molar-refractivity contribution in [3.63, 3.8) is 0 Å². The van der Waals surface area contributed by atoms with Crippen molar-refractivity contribution in [2.75, 3.05) is 26.0 Å². The van der Waals surface area contributed by atoms with E-state index in [1.165, 1.54) is 0 Å². The Labute approximate surface area is 108 Å². The summed E-state index contributed by atoms with van der Waals surface area (Å²) in [6.07, 6.45) is 1.06. The van der Waals surface area contributed by atoms with Crippen LogP contribution in [0.5, 0.6) is 0 Å². The summed E-state index contributed by atoms with van der Waals surface area (Å²) < 4.78 is 0. The van der Waals surface area contributed by atoms with Crippen LogP contribution in [-0.4, -0.2) is 41.5 Å². The van der Waals surface area contributed by atoms with Crippen molar-refractivity contribution in [3.05, 3.63) is 16.5 Å². The first kappa shape index (κ1) is 14.2. The highest BCUT2D eigenvalue weighted by molar-refractivity contribution is 6.30. The van der Waals surface area contributed by atoms with Crippen LogP contribution in [0, 0.1) is 13.8 Å². The quantitative estimate of drug-likeness (QED) is 0.822. The fourth-order valence-corrected chi connectivity index (χ4v) is 1.70. The summed E-state index contributed by atoms with van der Waals surface area (Å²) in [5.41, 5.74) is 0.911. The average Bonchev–Trinajstić information content (AvgIpc) is 2.22. The number of hydrogen-bond donors (Lipinski definition) is 1. The molecular weight excluding hydrogens is 236 g/mol. The molecule has 0 fully saturated rings. The van der Waals surface area contributed by atoms with Crippen molar-refractivity contribution in [3.8, 4) is 0 Å². The van der Waals surface area contributed by atoms with E-state index in [4.69, 9.17) is 11.6 Å². The topological polar surface area (TPSA) is 41.1 Å². The zero-order valence-corrected chi connectivity index (χ0v) is 12.0. The zero-order chi connectivity index (χ0) is 13.0. The lowest BCUT2D eigenvalue weighted by molar-refractivity contribution is 0.390. The third-order valence-electron chi connectivity index (χ3n) is 2.59. The van der Waals surface area contributed by atoms with Crippen LogP contribution >= 0.6 is 11.6 Å². The lowest BCUT2D eigenvalue weighted by atomic mass is 10.2. The van der Waals surface area contributed by atoms with E-state index < -0.39 is 0 Å². The standard InChI is InChI=1S/C12H21ClN4/c1-8(6-7-17(4)5)14-12-9(2)11(13)15-10(3)16-12/h8H,6-7H2,1-5H3,(H,14,15,16). The van der Waals surface area contributed by atoms with Crippen molar-refractivity contribution in [2.45, 2.75) is 33.2 Å². The van der Waals surface area contributed by atoms with Gasteiger partial charge in [-0.05, 0) is 47.8 Å². The predicted octanol–water partition coefficient (Wildman–Crippen LogP) is 2.50. The molecule has 17 heavy (non-hydrogen) atoms. The Kier molecular flexibility index (Phi) is 5.15. The largest absolute Gasteiger partial charge is 0.367 e. The summed E-state index contributed by atoms with van der Waals surface area (Å²) in [5, 5.41) is 3.91. The van der Waals surface area contributed by atoms with E-state index in [2.05, 4.69) is 41.2 Å². The fraction of sp³-hybridized carbons (Fsp3) is 0.667. The van der Waals surface area contributed by atoms with Crippen LogP contribution < -0.4 is 5.32 Å². The Morgan fingerprint density at radius 2 is 1.94 bits per heavy atom. The molecule has 5 heteroatoms. The Morgan fingerprint density at radius 3 is 2.53 bits per heavy atom. The first-order valence-corrected chi connectivity index (χ1v) is 6.20. The first-order chi connectivity index (χ1) is 7.90. The van der Waals surface area contributed by atoms with Crippen molar-refractivity contribution in [2.24, 2.45) is 0 Å². The molecule has 0 aliphatic heterocycles. The van der Waals surface area contributed by atoms with Gasteiger partial charge in [0.05, 0.1) is 0 Å². The predicted molar refractivity (Wildman–Crippen MR) is 72.8 cm³/mol. The van der Waals surface area contributed by atoms with E-state index in [1.807, 2.05) is 13.8 Å². The van der Waals surface area contributed by atoms with Gasteiger partial charge in [-0.2, -0.15) is 0 Å². The van der Waals surface area contributed by atoms with Gasteiger partial charge in [0.2, 0.25) is 0 Å². The highest BCUT2D eigenvalue weighted by Gasteiger charge is 2.10. The molecule has 0 saturated carbocycles. The van der Waals surface area contributed by atoms with Gasteiger partial charge in [0, 0.05) is 11.6 Å². The van der Waals surface area contributed by atoms with E-state index in [1.54, 1.807) is 0 Å². The number of aromatic nitrogens is 2. The number of rotatable bonds is 5. The minimum absolute atomic E-state index is 0.362. The second-order valence-corrected chi connectivity index (χ2v) is 5.03. The molecule has 1 unspecified atom stereocenters. The van der Waals surface area contributed by atoms with E-state index in [-0.39, 0.29) is 0 Å². The molecule has 0 aliphatic rings.